The molecule has 0 aliphatic carbocycles. The number of carbonyl (C=O) groups is 18. The minimum absolute atomic E-state index is 0.0839. The van der Waals surface area contributed by atoms with E-state index in [2.05, 4.69) is 84.7 Å². The molecule has 0 saturated carbocycles. The number of nitrogens with two attached hydrogens (primary N) is 6. The quantitative estimate of drug-likeness (QED) is 0.0143. The molecule has 722 valence electrons. The van der Waals surface area contributed by atoms with Crippen molar-refractivity contribution in [3.8, 4) is 5.75 Å². The van der Waals surface area contributed by atoms with Crippen LogP contribution in [0.3, 0.4) is 0 Å². The summed E-state index contributed by atoms with van der Waals surface area (Å²) in [5.74, 6) is -16.3. The van der Waals surface area contributed by atoms with Crippen LogP contribution >= 0.6 is 21.6 Å². The van der Waals surface area contributed by atoms with Crippen LogP contribution in [-0.4, -0.2) is 243 Å². The summed E-state index contributed by atoms with van der Waals surface area (Å²) in [6, 6.07) is 4.05. The van der Waals surface area contributed by atoms with Crippen LogP contribution in [0.5, 0.6) is 5.75 Å². The van der Waals surface area contributed by atoms with E-state index in [0.717, 1.165) is 46.4 Å². The second-order valence-electron chi connectivity index (χ2n) is 33.9. The number of hydrogen-bond acceptors (Lipinski definition) is 24. The Balaban J connectivity index is 1.53. The van der Waals surface area contributed by atoms with E-state index in [1.165, 1.54) is 48.5 Å². The number of H-pyrrole nitrogens is 1. The van der Waals surface area contributed by atoms with Gasteiger partial charge in [0.05, 0.1) is 18.9 Å². The smallest absolute Gasteiger partial charge is 0.312 e. The Morgan fingerprint density at radius 1 is 0.545 bits per heavy atom. The fourth-order valence-corrected chi connectivity index (χ4v) is 17.3. The van der Waals surface area contributed by atoms with Crippen molar-refractivity contribution in [3.05, 3.63) is 113 Å². The van der Waals surface area contributed by atoms with E-state index in [-0.39, 0.29) is 128 Å². The zero-order valence-electron chi connectivity index (χ0n) is 75.9. The maximum Gasteiger partial charge on any atom is 0.312 e. The molecule has 13 atom stereocenters. The average molecular weight is 1880 g/mol. The molecule has 19 amide bonds. The second kappa shape index (κ2) is 51.8. The van der Waals surface area contributed by atoms with Gasteiger partial charge in [-0.25, -0.2) is 4.79 Å². The molecule has 0 unspecified atom stereocenters. The van der Waals surface area contributed by atoms with E-state index in [1.54, 1.807) is 66.9 Å². The van der Waals surface area contributed by atoms with Crippen LogP contribution in [0.4, 0.5) is 4.79 Å². The number of carbonyl (C=O) groups excluding carboxylic acids is 18. The van der Waals surface area contributed by atoms with Gasteiger partial charge in [-0.3, -0.25) is 81.5 Å². The van der Waals surface area contributed by atoms with Gasteiger partial charge in [0, 0.05) is 92.8 Å². The number of amides is 19. The Morgan fingerprint density at radius 2 is 1.12 bits per heavy atom. The minimum Gasteiger partial charge on any atom is -0.492 e. The van der Waals surface area contributed by atoms with Gasteiger partial charge in [-0.05, 0) is 164 Å². The van der Waals surface area contributed by atoms with E-state index in [4.69, 9.17) is 39.1 Å². The monoisotopic (exact) mass is 1880 g/mol. The predicted octanol–water partition coefficient (Wildman–Crippen LogP) is -2.41. The van der Waals surface area contributed by atoms with Crippen LogP contribution in [0.1, 0.15) is 162 Å². The van der Waals surface area contributed by atoms with Crippen LogP contribution in [0.2, 0.25) is 0 Å². The van der Waals surface area contributed by atoms with Crippen molar-refractivity contribution >= 4 is 150 Å². The van der Waals surface area contributed by atoms with Crippen LogP contribution in [-0.2, 0) is 101 Å². The molecule has 0 bridgehead atoms. The van der Waals surface area contributed by atoms with Crippen molar-refractivity contribution in [2.75, 3.05) is 39.3 Å². The third-order valence-electron chi connectivity index (χ3n) is 21.7. The highest BCUT2D eigenvalue weighted by atomic mass is 33.1. The number of hydrogen-bond donors (Lipinski definition) is 23. The number of primary amides is 4. The molecule has 29 N–H and O–H groups in total. The molecule has 6 rings (SSSR count). The first-order valence-electron chi connectivity index (χ1n) is 43.5. The zero-order valence-corrected chi connectivity index (χ0v) is 77.6. The van der Waals surface area contributed by atoms with E-state index >= 15 is 28.8 Å². The molecule has 42 nitrogen and oxygen atoms in total. The Labute approximate surface area is 772 Å². The number of benzene rings is 4. The summed E-state index contributed by atoms with van der Waals surface area (Å²) in [4.78, 5) is 258. The van der Waals surface area contributed by atoms with Crippen molar-refractivity contribution in [2.24, 2.45) is 34.4 Å². The summed E-state index contributed by atoms with van der Waals surface area (Å²) in [7, 11) is 1.76. The molecule has 1 aromatic heterocycles. The number of aromatic amines is 1. The van der Waals surface area contributed by atoms with Crippen LogP contribution in [0.25, 0.3) is 21.7 Å². The first-order chi connectivity index (χ1) is 62.2. The molecule has 1 aliphatic rings. The molecule has 0 radical (unpaired) electrons. The Morgan fingerprint density at radius 3 is 1.75 bits per heavy atom. The number of fused-ring (bicyclic) bond motifs is 2. The SMILES string of the molecule is CC(=O)NCCCC[C@H](NC(=O)[C@](C)(CCCCN)NC(=O)[C@H](Cc1ccc2ccccc2c1)NC(=O)[C@H](Cc1ccc(OCCN)cc1)NC(=O)[C@H]1NC(=O)[C@H](CCCNC(N)=O)NC(=O)[C@H](Cc2c[nH]c3c(C)cccc23)NC(=O)[C@H]([C@@H](C)O)NC(=O)[C@H](CC(N)=O)NC(=O)[C@@H](NC(C)=O)C(C)(C)SSC1(C)C)C(=O)N[C@@H](CC(N)=O)C(=O)N[C@@H](CCCNC(C)=O)C(N)=O. The lowest BCUT2D eigenvalue weighted by Gasteiger charge is -2.39. The lowest BCUT2D eigenvalue weighted by atomic mass is 9.91. The van der Waals surface area contributed by atoms with Gasteiger partial charge in [0.25, 0.3) is 0 Å². The van der Waals surface area contributed by atoms with E-state index in [0.29, 0.717) is 38.7 Å². The van der Waals surface area contributed by atoms with Gasteiger partial charge in [0.2, 0.25) is 100 Å². The lowest BCUT2D eigenvalue weighted by molar-refractivity contribution is -0.138. The van der Waals surface area contributed by atoms with E-state index in [9.17, 15) is 62.6 Å². The number of aryl methyl sites for hydroxylation is 1. The largest absolute Gasteiger partial charge is 0.492 e. The molecule has 5 aromatic rings. The van der Waals surface area contributed by atoms with Crippen LogP contribution in [0.15, 0.2) is 91.1 Å². The number of nitrogens with one attached hydrogen (secondary N) is 16. The predicted molar refractivity (Wildman–Crippen MR) is 495 cm³/mol. The first-order valence-corrected chi connectivity index (χ1v) is 45.6. The molecule has 1 aliphatic heterocycles. The molecule has 2 heterocycles. The summed E-state index contributed by atoms with van der Waals surface area (Å²) >= 11 is 0. The number of aromatic nitrogens is 1. The van der Waals surface area contributed by atoms with Crippen LogP contribution < -0.4 is 119 Å². The highest BCUT2D eigenvalue weighted by Crippen LogP contribution is 2.47. The molecule has 132 heavy (non-hydrogen) atoms. The molecular formula is C88H128N22O20S2. The molecule has 4 aromatic carbocycles. The average Bonchev–Trinajstić information content (AvgIpc) is 1.24. The third kappa shape index (κ3) is 34.6. The Kier molecular flexibility index (Phi) is 42.4. The highest BCUT2D eigenvalue weighted by molar-refractivity contribution is 8.77. The standard InChI is InChI=1S/C88H128N22O20S2/c1-47-20-17-23-58-56(46-98-69(47)58)43-64-77(121)101-60(26-19-38-97-85(94)129)75(119)109-72(87(8,9)132-131-86(6,7)71(99-51(5)114)82(126)106-66(45-68(92)116)79(123)108-70(48(2)111)81(125)104-64)83(127)105-62(41-52-28-31-57(32-29-52)130-39-35-90)76(120)102-63(42-53-27-30-54-21-11-12-22-55(54)40-53)80(124)110-88(10,33-14-15-34-89)84(128)107-61(24-13-16-36-95-49(3)112)74(118)103-65(44-67(91)115)78(122)100-59(73(93)117)25-18-37-96-50(4)113/h11-12,17,20-23,27-32,40,46,48,59-66,70-72,98,111H,13-16,18-19,24-26,33-39,41-45,89-90H2,1-10H3,(H2,91,115)(H2,92,116)(H2,93,117)(H,95,112)(H,96,113)(H,99,114)(H,100,122)(H,101,121)(H,102,120)(H,103,118)(H,104,125)(H,105,127)(H,106,126)(H,107,128)(H,108,123)(H,109,119)(H,110,124)(H3,94,97,129)/t48-,59+,60+,61+,62+,63+,64+,65+,66+,70+,71-,72-,88+/m1/s1. The maximum absolute atomic E-state index is 16.3. The van der Waals surface area contributed by atoms with Crippen molar-refractivity contribution < 1.29 is 96.1 Å². The van der Waals surface area contributed by atoms with Crippen LogP contribution in [0, 0.1) is 6.92 Å². The number of aliphatic hydroxyl groups is 1. The number of urea groups is 1. The Hall–Kier alpha value is -12.7. The van der Waals surface area contributed by atoms with Gasteiger partial charge >= 0.3 is 6.03 Å². The number of unbranched alkanes of at least 4 members (excludes halogenated alkanes) is 2. The van der Waals surface area contributed by atoms with Crippen molar-refractivity contribution in [2.45, 2.75) is 253 Å². The lowest BCUT2D eigenvalue weighted by Crippen LogP contribution is -2.65. The molecule has 1 saturated heterocycles. The minimum atomic E-state index is -2.06. The summed E-state index contributed by atoms with van der Waals surface area (Å²) in [5.41, 5.74) is 34.9. The van der Waals surface area contributed by atoms with Gasteiger partial charge in [-0.1, -0.05) is 94.4 Å². The summed E-state index contributed by atoms with van der Waals surface area (Å²) in [5, 5.41) is 52.7. The molecular weight excluding hydrogens is 1750 g/mol. The highest BCUT2D eigenvalue weighted by Gasteiger charge is 2.47. The van der Waals surface area contributed by atoms with Gasteiger partial charge in [0.1, 0.15) is 84.4 Å². The van der Waals surface area contributed by atoms with Gasteiger partial charge in [0.15, 0.2) is 0 Å². The molecule has 1 fully saturated rings. The molecule has 0 spiro atoms. The number of aliphatic hydroxyl groups excluding tert-OH is 1. The summed E-state index contributed by atoms with van der Waals surface area (Å²) in [6.45, 7) is 14.4. The van der Waals surface area contributed by atoms with Crippen molar-refractivity contribution in [1.82, 2.24) is 84.7 Å². The topological polar surface area (TPSA) is 689 Å². The van der Waals surface area contributed by atoms with E-state index in [1.807, 2.05) is 31.2 Å². The Bertz CT molecular complexity index is 4940. The zero-order chi connectivity index (χ0) is 97.9. The van der Waals surface area contributed by atoms with Gasteiger partial charge < -0.3 is 129 Å². The van der Waals surface area contributed by atoms with Crippen molar-refractivity contribution in [1.29, 1.82) is 0 Å². The van der Waals surface area contributed by atoms with E-state index < -0.39 is 201 Å². The third-order valence-corrected chi connectivity index (χ3v) is 26.0. The number of para-hydroxylation sites is 1. The fraction of sp³-hybridized carbons (Fsp3) is 0.523. The first kappa shape index (κ1) is 108. The number of rotatable bonds is 45. The summed E-state index contributed by atoms with van der Waals surface area (Å²) in [6.07, 6.45) is -3.00. The molecule has 44 heteroatoms. The fourth-order valence-electron chi connectivity index (χ4n) is 14.5. The summed E-state index contributed by atoms with van der Waals surface area (Å²) < 4.78 is 2.51. The van der Waals surface area contributed by atoms with Crippen molar-refractivity contribution in [3.63, 3.8) is 0 Å². The van der Waals surface area contributed by atoms with Gasteiger partial charge in [-0.15, -0.1) is 0 Å². The second-order valence-corrected chi connectivity index (χ2v) is 37.3. The number of ether oxygens (including phenoxy) is 1. The maximum atomic E-state index is 16.3. The normalized spacial score (nSPS) is 19.1. The van der Waals surface area contributed by atoms with Gasteiger partial charge in [-0.2, -0.15) is 0 Å².